The number of hydrogen-bond donors (Lipinski definition) is 1. The molecule has 1 aromatic heterocycles. The molecule has 1 nitrogen and oxygen atoms in total. The lowest BCUT2D eigenvalue weighted by Crippen LogP contribution is -2.12. The molecule has 3 aromatic rings. The van der Waals surface area contributed by atoms with Crippen molar-refractivity contribution in [1.29, 1.82) is 0 Å². The Labute approximate surface area is 121 Å². The van der Waals surface area contributed by atoms with Crippen LogP contribution in [0.5, 0.6) is 0 Å². The van der Waals surface area contributed by atoms with E-state index in [4.69, 9.17) is 17.3 Å². The van der Waals surface area contributed by atoms with Gasteiger partial charge in [-0.3, -0.25) is 0 Å². The maximum absolute atomic E-state index is 6.45. The summed E-state index contributed by atoms with van der Waals surface area (Å²) in [6.45, 7) is 2.11. The summed E-state index contributed by atoms with van der Waals surface area (Å²) in [4.78, 5) is 1.10. The minimum absolute atomic E-state index is 0.122. The van der Waals surface area contributed by atoms with Gasteiger partial charge in [0.15, 0.2) is 0 Å². The van der Waals surface area contributed by atoms with Gasteiger partial charge < -0.3 is 5.73 Å². The first kappa shape index (κ1) is 12.7. The lowest BCUT2D eigenvalue weighted by atomic mass is 9.94. The minimum atomic E-state index is -0.122. The van der Waals surface area contributed by atoms with E-state index in [1.54, 1.807) is 11.3 Å². The smallest absolute Gasteiger partial charge is 0.0931 e. The molecule has 3 heteroatoms. The Hall–Kier alpha value is -1.35. The standard InChI is InChI=1S/C16H14ClNS/c1-10-6-7-11-4-2-3-5-12(11)15(10)16(18)13-8-9-14(17)19-13/h2-9,16H,18H2,1H3. The highest BCUT2D eigenvalue weighted by atomic mass is 35.5. The first-order chi connectivity index (χ1) is 9.16. The van der Waals surface area contributed by atoms with Crippen molar-refractivity contribution in [3.8, 4) is 0 Å². The van der Waals surface area contributed by atoms with E-state index in [2.05, 4.69) is 43.3 Å². The van der Waals surface area contributed by atoms with Crippen LogP contribution in [0.4, 0.5) is 0 Å². The molecule has 0 amide bonds. The van der Waals surface area contributed by atoms with Crippen LogP contribution >= 0.6 is 22.9 Å². The van der Waals surface area contributed by atoms with Gasteiger partial charge >= 0.3 is 0 Å². The van der Waals surface area contributed by atoms with Crippen LogP contribution in [0.1, 0.15) is 22.0 Å². The summed E-state index contributed by atoms with van der Waals surface area (Å²) in [6.07, 6.45) is 0. The fourth-order valence-electron chi connectivity index (χ4n) is 2.46. The zero-order valence-corrected chi connectivity index (χ0v) is 12.1. The summed E-state index contributed by atoms with van der Waals surface area (Å²) >= 11 is 7.56. The zero-order chi connectivity index (χ0) is 13.4. The molecule has 3 rings (SSSR count). The predicted octanol–water partition coefficient (Wildman–Crippen LogP) is 4.91. The van der Waals surface area contributed by atoms with E-state index in [1.807, 2.05) is 12.1 Å². The van der Waals surface area contributed by atoms with Crippen molar-refractivity contribution >= 4 is 33.7 Å². The van der Waals surface area contributed by atoms with Crippen LogP contribution in [0, 0.1) is 6.92 Å². The van der Waals surface area contributed by atoms with Crippen molar-refractivity contribution in [2.75, 3.05) is 0 Å². The lowest BCUT2D eigenvalue weighted by molar-refractivity contribution is 0.893. The van der Waals surface area contributed by atoms with Crippen LogP contribution in [-0.2, 0) is 0 Å². The van der Waals surface area contributed by atoms with E-state index in [9.17, 15) is 0 Å². The molecular formula is C16H14ClNS. The van der Waals surface area contributed by atoms with Gasteiger partial charge in [-0.2, -0.15) is 0 Å². The number of fused-ring (bicyclic) bond motifs is 1. The van der Waals surface area contributed by atoms with Crippen LogP contribution < -0.4 is 5.73 Å². The van der Waals surface area contributed by atoms with Crippen LogP contribution in [0.25, 0.3) is 10.8 Å². The van der Waals surface area contributed by atoms with Crippen molar-refractivity contribution in [2.45, 2.75) is 13.0 Å². The van der Waals surface area contributed by atoms with E-state index < -0.39 is 0 Å². The molecule has 0 fully saturated rings. The molecule has 0 radical (unpaired) electrons. The molecule has 0 bridgehead atoms. The summed E-state index contributed by atoms with van der Waals surface area (Å²) < 4.78 is 0.781. The second-order valence-electron chi connectivity index (χ2n) is 4.64. The molecule has 0 saturated heterocycles. The monoisotopic (exact) mass is 287 g/mol. The number of hydrogen-bond acceptors (Lipinski definition) is 2. The fourth-order valence-corrected chi connectivity index (χ4v) is 3.53. The average Bonchev–Trinajstić information content (AvgIpc) is 2.85. The topological polar surface area (TPSA) is 26.0 Å². The van der Waals surface area contributed by atoms with Gasteiger partial charge in [-0.25, -0.2) is 0 Å². The van der Waals surface area contributed by atoms with Gasteiger partial charge in [0.05, 0.1) is 10.4 Å². The van der Waals surface area contributed by atoms with Crippen molar-refractivity contribution in [3.05, 3.63) is 68.9 Å². The van der Waals surface area contributed by atoms with Crippen LogP contribution in [0.15, 0.2) is 48.5 Å². The molecule has 2 N–H and O–H groups in total. The third-order valence-corrected chi connectivity index (χ3v) is 4.71. The lowest BCUT2D eigenvalue weighted by Gasteiger charge is -2.16. The maximum atomic E-state index is 6.45. The molecule has 0 aliphatic rings. The number of halogens is 1. The predicted molar refractivity (Wildman–Crippen MR) is 84.0 cm³/mol. The third kappa shape index (κ3) is 2.27. The second-order valence-corrected chi connectivity index (χ2v) is 6.38. The highest BCUT2D eigenvalue weighted by Gasteiger charge is 2.16. The minimum Gasteiger partial charge on any atom is -0.320 e. The number of aryl methyl sites for hydroxylation is 1. The summed E-state index contributed by atoms with van der Waals surface area (Å²) in [7, 11) is 0. The Kier molecular flexibility index (Phi) is 3.31. The Balaban J connectivity index is 2.21. The van der Waals surface area contributed by atoms with Gasteiger partial charge in [-0.05, 0) is 41.0 Å². The van der Waals surface area contributed by atoms with Gasteiger partial charge in [0.1, 0.15) is 0 Å². The molecule has 1 atom stereocenters. The third-order valence-electron chi connectivity index (χ3n) is 3.40. The van der Waals surface area contributed by atoms with Crippen LogP contribution in [0.3, 0.4) is 0 Å². The largest absolute Gasteiger partial charge is 0.320 e. The molecular weight excluding hydrogens is 274 g/mol. The van der Waals surface area contributed by atoms with Gasteiger partial charge in [0.2, 0.25) is 0 Å². The Morgan fingerprint density at radius 3 is 2.58 bits per heavy atom. The molecule has 0 spiro atoms. The van der Waals surface area contributed by atoms with E-state index in [0.29, 0.717) is 0 Å². The van der Waals surface area contributed by atoms with Gasteiger partial charge in [0.25, 0.3) is 0 Å². The van der Waals surface area contributed by atoms with Crippen LogP contribution in [-0.4, -0.2) is 0 Å². The molecule has 0 saturated carbocycles. The van der Waals surface area contributed by atoms with Gasteiger partial charge in [0, 0.05) is 4.88 Å². The SMILES string of the molecule is Cc1ccc2ccccc2c1C(N)c1ccc(Cl)s1. The van der Waals surface area contributed by atoms with Crippen molar-refractivity contribution in [2.24, 2.45) is 5.73 Å². The number of thiophene rings is 1. The maximum Gasteiger partial charge on any atom is 0.0931 e. The van der Waals surface area contributed by atoms with E-state index >= 15 is 0 Å². The quantitative estimate of drug-likeness (QED) is 0.712. The van der Waals surface area contributed by atoms with Crippen LogP contribution in [0.2, 0.25) is 4.34 Å². The van der Waals surface area contributed by atoms with E-state index in [-0.39, 0.29) is 6.04 Å². The summed E-state index contributed by atoms with van der Waals surface area (Å²) in [6, 6.07) is 16.4. The van der Waals surface area contributed by atoms with Gasteiger partial charge in [-0.1, -0.05) is 48.0 Å². The zero-order valence-electron chi connectivity index (χ0n) is 10.6. The molecule has 1 heterocycles. The Morgan fingerprint density at radius 1 is 1.05 bits per heavy atom. The molecule has 96 valence electrons. The number of benzene rings is 2. The molecule has 0 aliphatic heterocycles. The normalized spacial score (nSPS) is 12.8. The first-order valence-electron chi connectivity index (χ1n) is 6.16. The van der Waals surface area contributed by atoms with Crippen molar-refractivity contribution in [3.63, 3.8) is 0 Å². The van der Waals surface area contributed by atoms with Gasteiger partial charge in [-0.15, -0.1) is 11.3 Å². The highest BCUT2D eigenvalue weighted by molar-refractivity contribution is 7.16. The van der Waals surface area contributed by atoms with E-state index in [0.717, 1.165) is 9.21 Å². The van der Waals surface area contributed by atoms with E-state index in [1.165, 1.54) is 21.9 Å². The number of nitrogens with two attached hydrogens (primary N) is 1. The number of rotatable bonds is 2. The van der Waals surface area contributed by atoms with Crippen molar-refractivity contribution < 1.29 is 0 Å². The summed E-state index contributed by atoms with van der Waals surface area (Å²) in [5.41, 5.74) is 8.86. The van der Waals surface area contributed by atoms with Crippen molar-refractivity contribution in [1.82, 2.24) is 0 Å². The Morgan fingerprint density at radius 2 is 1.84 bits per heavy atom. The first-order valence-corrected chi connectivity index (χ1v) is 7.35. The molecule has 19 heavy (non-hydrogen) atoms. The Bertz CT molecular complexity index is 732. The highest BCUT2D eigenvalue weighted by Crippen LogP contribution is 2.34. The second kappa shape index (κ2) is 4.97. The molecule has 1 unspecified atom stereocenters. The molecule has 0 aliphatic carbocycles. The fraction of sp³-hybridized carbons (Fsp3) is 0.125. The summed E-state index contributed by atoms with van der Waals surface area (Å²) in [5.74, 6) is 0. The summed E-state index contributed by atoms with van der Waals surface area (Å²) in [5, 5.41) is 2.45. The molecule has 2 aromatic carbocycles. The average molecular weight is 288 g/mol.